The summed E-state index contributed by atoms with van der Waals surface area (Å²) in [7, 11) is -3.49. The van der Waals surface area contributed by atoms with E-state index in [0.717, 1.165) is 0 Å². The van der Waals surface area contributed by atoms with E-state index in [1.54, 1.807) is 12.1 Å². The predicted molar refractivity (Wildman–Crippen MR) is 74.4 cm³/mol. The van der Waals surface area contributed by atoms with Crippen LogP contribution in [-0.2, 0) is 10.0 Å². The van der Waals surface area contributed by atoms with Gasteiger partial charge in [0.1, 0.15) is 0 Å². The Balaban J connectivity index is 0.00000180. The number of hydrogen-bond donors (Lipinski definition) is 1. The van der Waals surface area contributed by atoms with E-state index in [1.807, 2.05) is 6.07 Å². The molecule has 2 rings (SSSR count). The summed E-state index contributed by atoms with van der Waals surface area (Å²) in [6.45, 7) is 0.889. The number of nitrogens with two attached hydrogens (primary N) is 1. The van der Waals surface area contributed by atoms with Gasteiger partial charge in [0.15, 0.2) is 0 Å². The minimum absolute atomic E-state index is 0. The Morgan fingerprint density at radius 2 is 1.95 bits per heavy atom. The average Bonchev–Trinajstić information content (AvgIpc) is 2.39. The number of sulfonamides is 1. The molecule has 1 fully saturated rings. The molecule has 0 spiro atoms. The molecule has 2 N–H and O–H groups in total. The summed E-state index contributed by atoms with van der Waals surface area (Å²) < 4.78 is 26.1. The third-order valence-electron chi connectivity index (χ3n) is 3.10. The molecule has 1 saturated heterocycles. The molecule has 0 bridgehead atoms. The molecule has 1 aromatic rings. The zero-order valence-electron chi connectivity index (χ0n) is 10.3. The average molecular weight is 302 g/mol. The minimum atomic E-state index is -3.49. The summed E-state index contributed by atoms with van der Waals surface area (Å²) >= 11 is 0. The van der Waals surface area contributed by atoms with Gasteiger partial charge in [-0.3, -0.25) is 0 Å². The van der Waals surface area contributed by atoms with E-state index in [2.05, 4.69) is 0 Å². The first-order valence-corrected chi connectivity index (χ1v) is 7.24. The molecule has 0 atom stereocenters. The fourth-order valence-corrected chi connectivity index (χ4v) is 3.51. The topological polar surface area (TPSA) is 87.2 Å². The molecule has 1 aromatic carbocycles. The third-order valence-corrected chi connectivity index (χ3v) is 4.99. The van der Waals surface area contributed by atoms with Crippen LogP contribution < -0.4 is 5.73 Å². The van der Waals surface area contributed by atoms with Gasteiger partial charge in [-0.1, -0.05) is 6.07 Å². The summed E-state index contributed by atoms with van der Waals surface area (Å²) in [5, 5.41) is 8.80. The lowest BCUT2D eigenvalue weighted by atomic mass is 10.1. The van der Waals surface area contributed by atoms with Gasteiger partial charge >= 0.3 is 0 Å². The maximum atomic E-state index is 12.3. The molecule has 5 nitrogen and oxygen atoms in total. The summed E-state index contributed by atoms with van der Waals surface area (Å²) in [6, 6.07) is 8.13. The van der Waals surface area contributed by atoms with Gasteiger partial charge in [0, 0.05) is 19.1 Å². The van der Waals surface area contributed by atoms with E-state index in [1.165, 1.54) is 16.4 Å². The summed E-state index contributed by atoms with van der Waals surface area (Å²) in [6.07, 6.45) is 1.36. The Bertz CT molecular complexity index is 575. The van der Waals surface area contributed by atoms with Crippen LogP contribution in [0.2, 0.25) is 0 Å². The van der Waals surface area contributed by atoms with Crippen LogP contribution in [-0.4, -0.2) is 31.9 Å². The van der Waals surface area contributed by atoms with Crippen LogP contribution in [0.5, 0.6) is 0 Å². The molecular formula is C12H16ClN3O2S. The zero-order valence-corrected chi connectivity index (χ0v) is 12.0. The Hall–Kier alpha value is -1.13. The SMILES string of the molecule is Cl.N#Cc1cccc(S(=O)(=O)N2CCC(N)CC2)c1. The van der Waals surface area contributed by atoms with Gasteiger partial charge in [0.25, 0.3) is 0 Å². The monoisotopic (exact) mass is 301 g/mol. The van der Waals surface area contributed by atoms with E-state index in [-0.39, 0.29) is 23.3 Å². The number of halogens is 1. The second kappa shape index (κ2) is 6.35. The summed E-state index contributed by atoms with van der Waals surface area (Å²) in [5.74, 6) is 0. The number of nitrogens with zero attached hydrogens (tertiary/aromatic N) is 2. The van der Waals surface area contributed by atoms with E-state index >= 15 is 0 Å². The van der Waals surface area contributed by atoms with Gasteiger partial charge in [0.05, 0.1) is 16.5 Å². The highest BCUT2D eigenvalue weighted by atomic mass is 35.5. The number of benzene rings is 1. The highest BCUT2D eigenvalue weighted by molar-refractivity contribution is 7.89. The summed E-state index contributed by atoms with van der Waals surface area (Å²) in [5.41, 5.74) is 6.11. The number of piperidine rings is 1. The van der Waals surface area contributed by atoms with Crippen LogP contribution >= 0.6 is 12.4 Å². The quantitative estimate of drug-likeness (QED) is 0.886. The molecule has 1 aliphatic rings. The molecule has 1 heterocycles. The van der Waals surface area contributed by atoms with Crippen molar-refractivity contribution in [3.05, 3.63) is 29.8 Å². The van der Waals surface area contributed by atoms with Gasteiger partial charge in [-0.15, -0.1) is 12.4 Å². The molecule has 0 aliphatic carbocycles. The zero-order chi connectivity index (χ0) is 13.2. The van der Waals surface area contributed by atoms with Crippen LogP contribution in [0.3, 0.4) is 0 Å². The Morgan fingerprint density at radius 1 is 1.32 bits per heavy atom. The van der Waals surface area contributed by atoms with Gasteiger partial charge in [-0.05, 0) is 31.0 Å². The molecule has 7 heteroatoms. The van der Waals surface area contributed by atoms with Crippen molar-refractivity contribution in [3.63, 3.8) is 0 Å². The normalized spacial score (nSPS) is 17.5. The van der Waals surface area contributed by atoms with Crippen molar-refractivity contribution in [1.29, 1.82) is 5.26 Å². The maximum Gasteiger partial charge on any atom is 0.243 e. The maximum absolute atomic E-state index is 12.3. The van der Waals surface area contributed by atoms with E-state index < -0.39 is 10.0 Å². The number of hydrogen-bond acceptors (Lipinski definition) is 4. The molecule has 1 aliphatic heterocycles. The van der Waals surface area contributed by atoms with E-state index in [9.17, 15) is 8.42 Å². The molecule has 104 valence electrons. The van der Waals surface area contributed by atoms with Crippen LogP contribution in [0.1, 0.15) is 18.4 Å². The molecule has 0 radical (unpaired) electrons. The fraction of sp³-hybridized carbons (Fsp3) is 0.417. The molecule has 0 amide bonds. The van der Waals surface area contributed by atoms with Crippen LogP contribution in [0.25, 0.3) is 0 Å². The Kier molecular flexibility index (Phi) is 5.32. The second-order valence-corrected chi connectivity index (χ2v) is 6.32. The second-order valence-electron chi connectivity index (χ2n) is 4.38. The lowest BCUT2D eigenvalue weighted by Crippen LogP contribution is -2.42. The van der Waals surface area contributed by atoms with Crippen LogP contribution in [0.15, 0.2) is 29.2 Å². The van der Waals surface area contributed by atoms with Crippen molar-refractivity contribution in [3.8, 4) is 6.07 Å². The van der Waals surface area contributed by atoms with Crippen molar-refractivity contribution < 1.29 is 8.42 Å². The van der Waals surface area contributed by atoms with E-state index in [4.69, 9.17) is 11.0 Å². The molecule has 19 heavy (non-hydrogen) atoms. The van der Waals surface area contributed by atoms with Crippen molar-refractivity contribution in [2.24, 2.45) is 5.73 Å². The van der Waals surface area contributed by atoms with Gasteiger partial charge in [-0.25, -0.2) is 8.42 Å². The predicted octanol–water partition coefficient (Wildman–Crippen LogP) is 1.09. The highest BCUT2D eigenvalue weighted by Gasteiger charge is 2.28. The number of nitriles is 1. The Morgan fingerprint density at radius 3 is 2.53 bits per heavy atom. The van der Waals surface area contributed by atoms with Crippen molar-refractivity contribution in [2.45, 2.75) is 23.8 Å². The molecular weight excluding hydrogens is 286 g/mol. The van der Waals surface area contributed by atoms with E-state index in [0.29, 0.717) is 31.5 Å². The van der Waals surface area contributed by atoms with Crippen molar-refractivity contribution in [2.75, 3.05) is 13.1 Å². The standard InChI is InChI=1S/C12H15N3O2S.ClH/c13-9-10-2-1-3-12(8-10)18(16,17)15-6-4-11(14)5-7-15;/h1-3,8,11H,4-7,14H2;1H. The van der Waals surface area contributed by atoms with Crippen molar-refractivity contribution in [1.82, 2.24) is 4.31 Å². The van der Waals surface area contributed by atoms with Gasteiger partial charge in [0.2, 0.25) is 10.0 Å². The van der Waals surface area contributed by atoms with Gasteiger partial charge < -0.3 is 5.73 Å². The first-order valence-electron chi connectivity index (χ1n) is 5.80. The van der Waals surface area contributed by atoms with Gasteiger partial charge in [-0.2, -0.15) is 9.57 Å². The molecule has 0 aromatic heterocycles. The first kappa shape index (κ1) is 15.9. The number of rotatable bonds is 2. The minimum Gasteiger partial charge on any atom is -0.328 e. The smallest absolute Gasteiger partial charge is 0.243 e. The van der Waals surface area contributed by atoms with Crippen LogP contribution in [0, 0.1) is 11.3 Å². The highest BCUT2D eigenvalue weighted by Crippen LogP contribution is 2.20. The lowest BCUT2D eigenvalue weighted by Gasteiger charge is -2.29. The third kappa shape index (κ3) is 3.45. The molecule has 0 unspecified atom stereocenters. The first-order chi connectivity index (χ1) is 8.54. The lowest BCUT2D eigenvalue weighted by molar-refractivity contribution is 0.320. The summed E-state index contributed by atoms with van der Waals surface area (Å²) in [4.78, 5) is 0.178. The Labute approximate surface area is 119 Å². The van der Waals surface area contributed by atoms with Crippen LogP contribution in [0.4, 0.5) is 0 Å². The van der Waals surface area contributed by atoms with Crippen molar-refractivity contribution >= 4 is 22.4 Å². The molecule has 0 saturated carbocycles. The fourth-order valence-electron chi connectivity index (χ4n) is 1.99. The largest absolute Gasteiger partial charge is 0.328 e.